The van der Waals surface area contributed by atoms with E-state index in [0.717, 1.165) is 26.6 Å². The summed E-state index contributed by atoms with van der Waals surface area (Å²) in [4.78, 5) is 16.4. The maximum Gasteiger partial charge on any atom is 0.262 e. The van der Waals surface area contributed by atoms with Gasteiger partial charge in [0.1, 0.15) is 11.3 Å². The Morgan fingerprint density at radius 3 is 2.87 bits per heavy atom. The van der Waals surface area contributed by atoms with Crippen LogP contribution < -0.4 is 10.1 Å². The number of hydrogen-bond donors (Lipinski definition) is 1. The molecular weight excluding hydrogens is 356 g/mol. The Balaban J connectivity index is 1.69. The zero-order chi connectivity index (χ0) is 16.2. The molecule has 1 N–H and O–H groups in total. The predicted octanol–water partition coefficient (Wildman–Crippen LogP) is 4.32. The highest BCUT2D eigenvalue weighted by atomic mass is 79.9. The molecule has 3 rings (SSSR count). The first-order valence-electron chi connectivity index (χ1n) is 7.16. The summed E-state index contributed by atoms with van der Waals surface area (Å²) in [5.41, 5.74) is 2.51. The Kier molecular flexibility index (Phi) is 4.57. The Morgan fingerprint density at radius 1 is 1.22 bits per heavy atom. The number of rotatable bonds is 4. The van der Waals surface area contributed by atoms with E-state index in [-0.39, 0.29) is 12.5 Å². The third kappa shape index (κ3) is 3.68. The van der Waals surface area contributed by atoms with Crippen LogP contribution in [0, 0.1) is 6.92 Å². The number of fused-ring (bicyclic) bond motifs is 1. The Hall–Kier alpha value is -2.40. The first kappa shape index (κ1) is 15.5. The van der Waals surface area contributed by atoms with Gasteiger partial charge in [0.25, 0.3) is 5.91 Å². The van der Waals surface area contributed by atoms with Crippen LogP contribution in [0.2, 0.25) is 0 Å². The van der Waals surface area contributed by atoms with Crippen molar-refractivity contribution in [2.24, 2.45) is 0 Å². The Bertz CT molecular complexity index is 859. The van der Waals surface area contributed by atoms with Gasteiger partial charge >= 0.3 is 0 Å². The first-order chi connectivity index (χ1) is 11.1. The number of ether oxygens (including phenoxy) is 1. The summed E-state index contributed by atoms with van der Waals surface area (Å²) in [7, 11) is 0. The van der Waals surface area contributed by atoms with Gasteiger partial charge in [-0.25, -0.2) is 0 Å². The van der Waals surface area contributed by atoms with Crippen molar-refractivity contribution in [2.45, 2.75) is 6.92 Å². The van der Waals surface area contributed by atoms with Gasteiger partial charge in [0, 0.05) is 21.7 Å². The smallest absolute Gasteiger partial charge is 0.262 e. The van der Waals surface area contributed by atoms with E-state index in [9.17, 15) is 4.79 Å². The minimum atomic E-state index is -0.205. The second-order valence-electron chi connectivity index (χ2n) is 5.13. The number of hydrogen-bond acceptors (Lipinski definition) is 3. The maximum atomic E-state index is 12.1. The van der Waals surface area contributed by atoms with Crippen molar-refractivity contribution < 1.29 is 9.53 Å². The summed E-state index contributed by atoms with van der Waals surface area (Å²) in [6.07, 6.45) is 1.71. The number of aromatic nitrogens is 1. The number of benzene rings is 2. The van der Waals surface area contributed by atoms with E-state index >= 15 is 0 Å². The zero-order valence-corrected chi connectivity index (χ0v) is 14.1. The van der Waals surface area contributed by atoms with E-state index in [2.05, 4.69) is 26.2 Å². The lowest BCUT2D eigenvalue weighted by molar-refractivity contribution is -0.118. The number of anilines is 1. The van der Waals surface area contributed by atoms with Crippen molar-refractivity contribution >= 4 is 38.4 Å². The van der Waals surface area contributed by atoms with E-state index in [1.165, 1.54) is 0 Å². The SMILES string of the molecule is Cc1cc(Br)ccc1NC(=O)COc1cccc2cccnc12. The van der Waals surface area contributed by atoms with Crippen molar-refractivity contribution in [2.75, 3.05) is 11.9 Å². The van der Waals surface area contributed by atoms with Crippen LogP contribution in [0.25, 0.3) is 10.9 Å². The normalized spacial score (nSPS) is 10.5. The van der Waals surface area contributed by atoms with E-state index in [0.29, 0.717) is 5.75 Å². The van der Waals surface area contributed by atoms with Gasteiger partial charge in [-0.1, -0.05) is 34.1 Å². The standard InChI is InChI=1S/C18H15BrN2O2/c1-12-10-14(19)7-8-15(12)21-17(22)11-23-16-6-2-4-13-5-3-9-20-18(13)16/h2-10H,11H2,1H3,(H,21,22). The molecule has 116 valence electrons. The second kappa shape index (κ2) is 6.79. The van der Waals surface area contributed by atoms with Crippen molar-refractivity contribution in [3.8, 4) is 5.75 Å². The van der Waals surface area contributed by atoms with Crippen LogP contribution in [0.4, 0.5) is 5.69 Å². The molecule has 1 aromatic heterocycles. The number of aryl methyl sites for hydroxylation is 1. The third-order valence-electron chi connectivity index (χ3n) is 3.42. The molecule has 1 amide bonds. The molecule has 1 heterocycles. The molecule has 0 atom stereocenters. The number of amides is 1. The number of nitrogens with zero attached hydrogens (tertiary/aromatic N) is 1. The minimum absolute atomic E-state index is 0.0643. The van der Waals surface area contributed by atoms with E-state index in [1.54, 1.807) is 6.20 Å². The molecule has 0 aliphatic carbocycles. The fourth-order valence-electron chi connectivity index (χ4n) is 2.29. The summed E-state index contributed by atoms with van der Waals surface area (Å²) < 4.78 is 6.61. The van der Waals surface area contributed by atoms with Gasteiger partial charge < -0.3 is 10.1 Å². The van der Waals surface area contributed by atoms with Gasteiger partial charge in [-0.2, -0.15) is 0 Å². The molecule has 0 radical (unpaired) electrons. The first-order valence-corrected chi connectivity index (χ1v) is 7.95. The van der Waals surface area contributed by atoms with E-state index in [4.69, 9.17) is 4.74 Å². The quantitative estimate of drug-likeness (QED) is 0.743. The minimum Gasteiger partial charge on any atom is -0.481 e. The average molecular weight is 371 g/mol. The molecule has 4 nitrogen and oxygen atoms in total. The summed E-state index contributed by atoms with van der Waals surface area (Å²) in [6, 6.07) is 15.2. The molecule has 0 aliphatic rings. The summed E-state index contributed by atoms with van der Waals surface area (Å²) >= 11 is 3.40. The maximum absolute atomic E-state index is 12.1. The molecule has 2 aromatic carbocycles. The summed E-state index contributed by atoms with van der Waals surface area (Å²) in [5.74, 6) is 0.397. The molecule has 0 bridgehead atoms. The molecule has 0 aliphatic heterocycles. The summed E-state index contributed by atoms with van der Waals surface area (Å²) in [6.45, 7) is 1.88. The van der Waals surface area contributed by atoms with Crippen molar-refractivity contribution in [1.82, 2.24) is 4.98 Å². The molecule has 23 heavy (non-hydrogen) atoms. The number of nitrogens with one attached hydrogen (secondary N) is 1. The number of carbonyl (C=O) groups excluding carboxylic acids is 1. The number of pyridine rings is 1. The fourth-order valence-corrected chi connectivity index (χ4v) is 2.77. The molecule has 0 unspecified atom stereocenters. The number of carbonyl (C=O) groups is 1. The molecule has 0 fully saturated rings. The molecule has 0 saturated carbocycles. The van der Waals surface area contributed by atoms with Gasteiger partial charge in [-0.05, 0) is 42.8 Å². The Morgan fingerprint density at radius 2 is 2.04 bits per heavy atom. The van der Waals surface area contributed by atoms with Crippen LogP contribution in [-0.4, -0.2) is 17.5 Å². The molecule has 3 aromatic rings. The molecule has 5 heteroatoms. The van der Waals surface area contributed by atoms with Gasteiger partial charge in [0.05, 0.1) is 0 Å². The number of halogens is 1. The van der Waals surface area contributed by atoms with E-state index in [1.807, 2.05) is 55.5 Å². The second-order valence-corrected chi connectivity index (χ2v) is 6.04. The predicted molar refractivity (Wildman–Crippen MR) is 94.7 cm³/mol. The molecule has 0 spiro atoms. The van der Waals surface area contributed by atoms with Gasteiger partial charge in [-0.3, -0.25) is 9.78 Å². The average Bonchev–Trinajstić information content (AvgIpc) is 2.55. The molecular formula is C18H15BrN2O2. The summed E-state index contributed by atoms with van der Waals surface area (Å²) in [5, 5.41) is 3.83. The van der Waals surface area contributed by atoms with Crippen LogP contribution in [0.5, 0.6) is 5.75 Å². The topological polar surface area (TPSA) is 51.2 Å². The van der Waals surface area contributed by atoms with Gasteiger partial charge in [0.15, 0.2) is 6.61 Å². The van der Waals surface area contributed by atoms with Gasteiger partial charge in [-0.15, -0.1) is 0 Å². The molecule has 0 saturated heterocycles. The fraction of sp³-hybridized carbons (Fsp3) is 0.111. The lowest BCUT2D eigenvalue weighted by Gasteiger charge is -2.11. The number of para-hydroxylation sites is 1. The van der Waals surface area contributed by atoms with Crippen LogP contribution in [-0.2, 0) is 4.79 Å². The highest BCUT2D eigenvalue weighted by Crippen LogP contribution is 2.23. The van der Waals surface area contributed by atoms with Gasteiger partial charge in [0.2, 0.25) is 0 Å². The zero-order valence-electron chi connectivity index (χ0n) is 12.5. The lowest BCUT2D eigenvalue weighted by atomic mass is 10.2. The van der Waals surface area contributed by atoms with Crippen molar-refractivity contribution in [1.29, 1.82) is 0 Å². The van der Waals surface area contributed by atoms with Crippen LogP contribution in [0.3, 0.4) is 0 Å². The van der Waals surface area contributed by atoms with Crippen LogP contribution in [0.1, 0.15) is 5.56 Å². The highest BCUT2D eigenvalue weighted by Gasteiger charge is 2.08. The van der Waals surface area contributed by atoms with Crippen LogP contribution >= 0.6 is 15.9 Å². The highest BCUT2D eigenvalue weighted by molar-refractivity contribution is 9.10. The third-order valence-corrected chi connectivity index (χ3v) is 3.91. The lowest BCUT2D eigenvalue weighted by Crippen LogP contribution is -2.20. The van der Waals surface area contributed by atoms with Crippen molar-refractivity contribution in [3.63, 3.8) is 0 Å². The van der Waals surface area contributed by atoms with Crippen molar-refractivity contribution in [3.05, 3.63) is 64.8 Å². The monoisotopic (exact) mass is 370 g/mol. The van der Waals surface area contributed by atoms with E-state index < -0.39 is 0 Å². The largest absolute Gasteiger partial charge is 0.481 e. The Labute approximate surface area is 142 Å². The van der Waals surface area contributed by atoms with Crippen LogP contribution in [0.15, 0.2) is 59.2 Å².